The minimum Gasteiger partial charge on any atom is -0.475 e. The molecule has 6 heteroatoms. The number of aliphatic hydroxyl groups is 1. The molecule has 1 unspecified atom stereocenters. The molecule has 2 aromatic carbocycles. The van der Waals surface area contributed by atoms with Gasteiger partial charge >= 0.3 is 11.8 Å². The Kier molecular flexibility index (Phi) is 5.63. The fraction of sp³-hybridized carbons (Fsp3) is 0.381. The predicted octanol–water partition coefficient (Wildman–Crippen LogP) is 4.60. The first kappa shape index (κ1) is 19.5. The van der Waals surface area contributed by atoms with E-state index in [2.05, 4.69) is 6.92 Å². The van der Waals surface area contributed by atoms with Gasteiger partial charge in [-0.15, -0.1) is 0 Å². The van der Waals surface area contributed by atoms with E-state index in [9.17, 15) is 15.0 Å². The van der Waals surface area contributed by atoms with Gasteiger partial charge < -0.3 is 19.7 Å². The van der Waals surface area contributed by atoms with Crippen LogP contribution in [-0.4, -0.2) is 22.0 Å². The van der Waals surface area contributed by atoms with Gasteiger partial charge in [-0.25, -0.2) is 4.79 Å². The van der Waals surface area contributed by atoms with Crippen LogP contribution in [0.1, 0.15) is 43.9 Å². The lowest BCUT2D eigenvalue weighted by Crippen LogP contribution is -2.43. The van der Waals surface area contributed by atoms with Crippen LogP contribution in [-0.2, 0) is 11.2 Å². The molecule has 2 aromatic rings. The highest BCUT2D eigenvalue weighted by Gasteiger charge is 2.44. The number of carboxylic acid groups (broad SMARTS) is 1. The molecule has 1 aliphatic heterocycles. The smallest absolute Gasteiger partial charge is 0.390 e. The van der Waals surface area contributed by atoms with E-state index in [1.54, 1.807) is 18.2 Å². The Labute approximate surface area is 163 Å². The van der Waals surface area contributed by atoms with Gasteiger partial charge in [-0.3, -0.25) is 0 Å². The third-order valence-corrected chi connectivity index (χ3v) is 4.99. The average Bonchev–Trinajstić information content (AvgIpc) is 2.96. The molecular formula is C21H23ClO5. The van der Waals surface area contributed by atoms with Crippen molar-refractivity contribution in [3.8, 4) is 11.5 Å². The Morgan fingerprint density at radius 2 is 1.89 bits per heavy atom. The van der Waals surface area contributed by atoms with E-state index in [1.807, 2.05) is 24.3 Å². The molecule has 0 fully saturated rings. The lowest BCUT2D eigenvalue weighted by atomic mass is 9.93. The molecule has 0 amide bonds. The summed E-state index contributed by atoms with van der Waals surface area (Å²) in [5.41, 5.74) is 1.86. The van der Waals surface area contributed by atoms with Crippen molar-refractivity contribution in [1.29, 1.82) is 0 Å². The van der Waals surface area contributed by atoms with Crippen LogP contribution in [0.15, 0.2) is 42.5 Å². The van der Waals surface area contributed by atoms with Gasteiger partial charge in [0.25, 0.3) is 0 Å². The zero-order chi connectivity index (χ0) is 19.6. The maximum Gasteiger partial charge on any atom is 0.390 e. The predicted molar refractivity (Wildman–Crippen MR) is 102 cm³/mol. The number of ether oxygens (including phenoxy) is 2. The zero-order valence-corrected chi connectivity index (χ0v) is 16.1. The van der Waals surface area contributed by atoms with Crippen LogP contribution >= 0.6 is 11.6 Å². The van der Waals surface area contributed by atoms with E-state index >= 15 is 0 Å². The second-order valence-electron chi connectivity index (χ2n) is 7.19. The summed E-state index contributed by atoms with van der Waals surface area (Å²) in [5.74, 6) is -1.61. The number of aliphatic carboxylic acids is 1. The van der Waals surface area contributed by atoms with Crippen LogP contribution in [0.25, 0.3) is 0 Å². The van der Waals surface area contributed by atoms with Gasteiger partial charge in [0, 0.05) is 11.9 Å². The average molecular weight is 391 g/mol. The number of fused-ring (bicyclic) bond motifs is 1. The number of carboxylic acids is 1. The first-order valence-electron chi connectivity index (χ1n) is 8.95. The molecule has 3 rings (SSSR count). The van der Waals surface area contributed by atoms with Crippen LogP contribution in [0.5, 0.6) is 11.5 Å². The monoisotopic (exact) mass is 390 g/mol. The van der Waals surface area contributed by atoms with Crippen molar-refractivity contribution < 1.29 is 24.5 Å². The Hall–Kier alpha value is -2.24. The van der Waals surface area contributed by atoms with Gasteiger partial charge in [-0.1, -0.05) is 36.7 Å². The van der Waals surface area contributed by atoms with Gasteiger partial charge in [-0.2, -0.15) is 0 Å². The normalized spacial score (nSPS) is 20.3. The molecule has 0 bridgehead atoms. The van der Waals surface area contributed by atoms with Crippen molar-refractivity contribution in [2.75, 3.05) is 0 Å². The summed E-state index contributed by atoms with van der Waals surface area (Å²) in [5, 5.41) is 20.2. The number of hydrogen-bond donors (Lipinski definition) is 2. The largest absolute Gasteiger partial charge is 0.475 e. The van der Waals surface area contributed by atoms with Gasteiger partial charge in [0.1, 0.15) is 0 Å². The van der Waals surface area contributed by atoms with Crippen molar-refractivity contribution in [2.24, 2.45) is 5.92 Å². The molecular weight excluding hydrogens is 368 g/mol. The second-order valence-corrected chi connectivity index (χ2v) is 7.63. The van der Waals surface area contributed by atoms with Crippen LogP contribution < -0.4 is 9.47 Å². The molecule has 144 valence electrons. The molecule has 27 heavy (non-hydrogen) atoms. The standard InChI is InChI=1S/C21H23ClO5/c1-13(6-8-17(23)15-4-3-5-16(22)12-15)10-14-7-9-18-19(11-14)27-21(2,26-18)20(24)25/h3-5,7,9,11-13,17,23H,6,8,10H2,1-2H3,(H,24,25)/t13-,17-,21?/m0/s1. The van der Waals surface area contributed by atoms with Gasteiger partial charge in [-0.05, 0) is 60.6 Å². The lowest BCUT2D eigenvalue weighted by Gasteiger charge is -2.16. The molecule has 1 heterocycles. The van der Waals surface area contributed by atoms with E-state index in [1.165, 1.54) is 6.92 Å². The SMILES string of the molecule is C[C@@H](CC[C@H](O)c1cccc(Cl)c1)Cc1ccc2c(c1)OC(C)(C(=O)O)O2. The Bertz CT molecular complexity index is 837. The topological polar surface area (TPSA) is 76.0 Å². The van der Waals surface area contributed by atoms with Crippen LogP contribution in [0, 0.1) is 5.92 Å². The third kappa shape index (κ3) is 4.54. The highest BCUT2D eigenvalue weighted by Crippen LogP contribution is 2.40. The van der Waals surface area contributed by atoms with Gasteiger partial charge in [0.05, 0.1) is 6.10 Å². The maximum atomic E-state index is 11.3. The van der Waals surface area contributed by atoms with E-state index in [0.717, 1.165) is 24.0 Å². The molecule has 0 radical (unpaired) electrons. The first-order valence-corrected chi connectivity index (χ1v) is 9.32. The number of rotatable bonds is 7. The fourth-order valence-corrected chi connectivity index (χ4v) is 3.40. The highest BCUT2D eigenvalue weighted by atomic mass is 35.5. The van der Waals surface area contributed by atoms with Gasteiger partial charge in [0.15, 0.2) is 11.5 Å². The van der Waals surface area contributed by atoms with Crippen LogP contribution in [0.3, 0.4) is 0 Å². The number of hydrogen-bond acceptors (Lipinski definition) is 4. The highest BCUT2D eigenvalue weighted by molar-refractivity contribution is 6.30. The van der Waals surface area contributed by atoms with E-state index in [-0.39, 0.29) is 0 Å². The Morgan fingerprint density at radius 1 is 1.15 bits per heavy atom. The summed E-state index contributed by atoms with van der Waals surface area (Å²) in [6.07, 6.45) is 1.74. The van der Waals surface area contributed by atoms with Gasteiger partial charge in [0.2, 0.25) is 0 Å². The van der Waals surface area contributed by atoms with E-state index in [0.29, 0.717) is 28.9 Å². The van der Waals surface area contributed by atoms with Crippen molar-refractivity contribution in [1.82, 2.24) is 0 Å². The number of halogens is 1. The van der Waals surface area contributed by atoms with Crippen LogP contribution in [0.4, 0.5) is 0 Å². The third-order valence-electron chi connectivity index (χ3n) is 4.76. The Morgan fingerprint density at radius 3 is 2.59 bits per heavy atom. The van der Waals surface area contributed by atoms with Crippen molar-refractivity contribution in [3.05, 3.63) is 58.6 Å². The Balaban J connectivity index is 1.56. The lowest BCUT2D eigenvalue weighted by molar-refractivity contribution is -0.173. The van der Waals surface area contributed by atoms with E-state index in [4.69, 9.17) is 21.1 Å². The molecule has 0 spiro atoms. The molecule has 0 aromatic heterocycles. The van der Waals surface area contributed by atoms with Crippen molar-refractivity contribution in [2.45, 2.75) is 45.0 Å². The summed E-state index contributed by atoms with van der Waals surface area (Å²) in [7, 11) is 0. The quantitative estimate of drug-likeness (QED) is 0.722. The maximum absolute atomic E-state index is 11.3. The minimum atomic E-state index is -1.67. The summed E-state index contributed by atoms with van der Waals surface area (Å²) >= 11 is 5.98. The summed E-state index contributed by atoms with van der Waals surface area (Å²) in [4.78, 5) is 11.3. The van der Waals surface area contributed by atoms with Crippen molar-refractivity contribution >= 4 is 17.6 Å². The number of benzene rings is 2. The van der Waals surface area contributed by atoms with E-state index < -0.39 is 17.9 Å². The first-order chi connectivity index (χ1) is 12.8. The van der Waals surface area contributed by atoms with Crippen LogP contribution in [0.2, 0.25) is 5.02 Å². The number of carbonyl (C=O) groups is 1. The summed E-state index contributed by atoms with van der Waals surface area (Å²) in [6.45, 7) is 3.51. The molecule has 3 atom stereocenters. The zero-order valence-electron chi connectivity index (χ0n) is 15.3. The summed E-state index contributed by atoms with van der Waals surface area (Å²) in [6, 6.07) is 12.8. The fourth-order valence-electron chi connectivity index (χ4n) is 3.20. The second kappa shape index (κ2) is 7.79. The molecule has 0 saturated heterocycles. The minimum absolute atomic E-state index is 0.338. The molecule has 0 aliphatic carbocycles. The molecule has 5 nitrogen and oxygen atoms in total. The summed E-state index contributed by atoms with van der Waals surface area (Å²) < 4.78 is 10.9. The molecule has 2 N–H and O–H groups in total. The molecule has 1 aliphatic rings. The molecule has 0 saturated carbocycles. The van der Waals surface area contributed by atoms with Crippen molar-refractivity contribution in [3.63, 3.8) is 0 Å². The number of aliphatic hydroxyl groups excluding tert-OH is 1.